The average Bonchev–Trinajstić information content (AvgIpc) is 3.36. The van der Waals surface area contributed by atoms with Gasteiger partial charge in [-0.1, -0.05) is 65.7 Å². The number of unbranched alkanes of at least 4 members (excludes halogenated alkanes) is 2. The van der Waals surface area contributed by atoms with E-state index < -0.39 is 0 Å². The SMILES string of the molecule is O=C(CCCCCN1C(=O)/C(=C/c2ccc3c(c2)OCO3)SC1=S)Nc1cccc(Cl)c1Cl. The average molecular weight is 523 g/mol. The number of carbonyl (C=O) groups excluding carboxylic acids is 2. The quantitative estimate of drug-likeness (QED) is 0.255. The molecular weight excluding hydrogens is 503 g/mol. The molecule has 0 spiro atoms. The number of thioether (sulfide) groups is 1. The molecule has 0 aromatic heterocycles. The number of benzene rings is 2. The Bertz CT molecular complexity index is 1140. The lowest BCUT2D eigenvalue weighted by Gasteiger charge is -2.14. The van der Waals surface area contributed by atoms with Crippen molar-refractivity contribution in [2.45, 2.75) is 25.7 Å². The zero-order valence-electron chi connectivity index (χ0n) is 17.4. The third kappa shape index (κ3) is 5.81. The van der Waals surface area contributed by atoms with Crippen molar-refractivity contribution in [1.82, 2.24) is 4.90 Å². The lowest BCUT2D eigenvalue weighted by molar-refractivity contribution is -0.122. The van der Waals surface area contributed by atoms with Crippen molar-refractivity contribution >= 4 is 75.1 Å². The molecule has 2 aliphatic heterocycles. The Kier molecular flexibility index (Phi) is 7.80. The molecule has 2 aliphatic rings. The Morgan fingerprint density at radius 2 is 1.97 bits per heavy atom. The minimum absolute atomic E-state index is 0.101. The summed E-state index contributed by atoms with van der Waals surface area (Å²) in [6, 6.07) is 10.6. The van der Waals surface area contributed by atoms with Crippen LogP contribution in [0.5, 0.6) is 11.5 Å². The molecule has 0 aliphatic carbocycles. The number of rotatable bonds is 8. The van der Waals surface area contributed by atoms with Crippen LogP contribution in [0.1, 0.15) is 31.2 Å². The third-order valence-electron chi connectivity index (χ3n) is 5.08. The van der Waals surface area contributed by atoms with Crippen molar-refractivity contribution in [3.63, 3.8) is 0 Å². The number of nitrogens with zero attached hydrogens (tertiary/aromatic N) is 1. The van der Waals surface area contributed by atoms with Gasteiger partial charge in [0.2, 0.25) is 12.7 Å². The molecule has 0 atom stereocenters. The molecule has 6 nitrogen and oxygen atoms in total. The number of nitrogens with one attached hydrogen (secondary N) is 1. The first-order chi connectivity index (χ1) is 15.9. The maximum atomic E-state index is 12.8. The molecule has 0 bridgehead atoms. The third-order valence-corrected chi connectivity index (χ3v) is 7.28. The highest BCUT2D eigenvalue weighted by atomic mass is 35.5. The van der Waals surface area contributed by atoms with E-state index in [9.17, 15) is 9.59 Å². The number of ether oxygens (including phenoxy) is 2. The first kappa shape index (κ1) is 23.9. The van der Waals surface area contributed by atoms with Crippen molar-refractivity contribution in [2.75, 3.05) is 18.7 Å². The van der Waals surface area contributed by atoms with Crippen LogP contribution >= 0.6 is 47.2 Å². The highest BCUT2D eigenvalue weighted by Gasteiger charge is 2.31. The van der Waals surface area contributed by atoms with Crippen LogP contribution in [-0.2, 0) is 9.59 Å². The van der Waals surface area contributed by atoms with Gasteiger partial charge in [-0.25, -0.2) is 0 Å². The zero-order chi connectivity index (χ0) is 23.4. The van der Waals surface area contributed by atoms with Crippen molar-refractivity contribution in [3.8, 4) is 11.5 Å². The summed E-state index contributed by atoms with van der Waals surface area (Å²) in [6.07, 6.45) is 4.38. The predicted molar refractivity (Wildman–Crippen MR) is 136 cm³/mol. The first-order valence-electron chi connectivity index (χ1n) is 10.3. The van der Waals surface area contributed by atoms with Gasteiger partial charge < -0.3 is 14.8 Å². The van der Waals surface area contributed by atoms with Crippen molar-refractivity contribution < 1.29 is 19.1 Å². The van der Waals surface area contributed by atoms with E-state index in [4.69, 9.17) is 44.9 Å². The van der Waals surface area contributed by atoms with Crippen LogP contribution in [0.3, 0.4) is 0 Å². The normalized spacial score (nSPS) is 16.1. The fourth-order valence-electron chi connectivity index (χ4n) is 3.39. The highest BCUT2D eigenvalue weighted by Crippen LogP contribution is 2.36. The molecule has 10 heteroatoms. The molecule has 0 radical (unpaired) electrons. The van der Waals surface area contributed by atoms with Gasteiger partial charge in [-0.3, -0.25) is 14.5 Å². The van der Waals surface area contributed by atoms with E-state index in [0.29, 0.717) is 55.8 Å². The zero-order valence-corrected chi connectivity index (χ0v) is 20.6. The molecule has 33 heavy (non-hydrogen) atoms. The minimum atomic E-state index is -0.128. The number of thiocarbonyl (C=S) groups is 1. The monoisotopic (exact) mass is 522 g/mol. The largest absolute Gasteiger partial charge is 0.454 e. The summed E-state index contributed by atoms with van der Waals surface area (Å²) < 4.78 is 11.2. The Hall–Kier alpha value is -2.26. The van der Waals surface area contributed by atoms with E-state index in [1.807, 2.05) is 24.3 Å². The van der Waals surface area contributed by atoms with Gasteiger partial charge in [0, 0.05) is 13.0 Å². The van der Waals surface area contributed by atoms with Gasteiger partial charge in [0.15, 0.2) is 11.5 Å². The van der Waals surface area contributed by atoms with E-state index in [1.54, 1.807) is 23.1 Å². The minimum Gasteiger partial charge on any atom is -0.454 e. The first-order valence-corrected chi connectivity index (χ1v) is 12.3. The number of amides is 2. The van der Waals surface area contributed by atoms with E-state index in [1.165, 1.54) is 11.8 Å². The number of carbonyl (C=O) groups is 2. The molecule has 2 heterocycles. The molecule has 0 unspecified atom stereocenters. The van der Waals surface area contributed by atoms with Crippen LogP contribution in [0, 0.1) is 0 Å². The van der Waals surface area contributed by atoms with Gasteiger partial charge >= 0.3 is 0 Å². The molecule has 1 N–H and O–H groups in total. The van der Waals surface area contributed by atoms with E-state index in [-0.39, 0.29) is 18.6 Å². The Balaban J connectivity index is 1.23. The second-order valence-corrected chi connectivity index (χ2v) is 9.87. The molecule has 2 aromatic carbocycles. The lowest BCUT2D eigenvalue weighted by atomic mass is 10.1. The van der Waals surface area contributed by atoms with Crippen LogP contribution < -0.4 is 14.8 Å². The molecule has 1 saturated heterocycles. The van der Waals surface area contributed by atoms with Crippen LogP contribution in [0.4, 0.5) is 5.69 Å². The Morgan fingerprint density at radius 1 is 1.15 bits per heavy atom. The van der Waals surface area contributed by atoms with E-state index in [2.05, 4.69) is 5.32 Å². The number of hydrogen-bond acceptors (Lipinski definition) is 6. The van der Waals surface area contributed by atoms with E-state index in [0.717, 1.165) is 18.4 Å². The van der Waals surface area contributed by atoms with Crippen molar-refractivity contribution in [3.05, 3.63) is 56.9 Å². The van der Waals surface area contributed by atoms with Gasteiger partial charge in [-0.05, 0) is 48.7 Å². The van der Waals surface area contributed by atoms with Crippen molar-refractivity contribution in [2.24, 2.45) is 0 Å². The number of halogens is 2. The molecule has 1 fully saturated rings. The van der Waals surface area contributed by atoms with Gasteiger partial charge in [0.1, 0.15) is 4.32 Å². The van der Waals surface area contributed by atoms with E-state index >= 15 is 0 Å². The summed E-state index contributed by atoms with van der Waals surface area (Å²) in [5.74, 6) is 1.14. The summed E-state index contributed by atoms with van der Waals surface area (Å²) in [4.78, 5) is 27.2. The second-order valence-electron chi connectivity index (χ2n) is 7.41. The maximum absolute atomic E-state index is 12.8. The fraction of sp³-hybridized carbons (Fsp3) is 0.261. The molecule has 172 valence electrons. The smallest absolute Gasteiger partial charge is 0.266 e. The fourth-order valence-corrected chi connectivity index (χ4v) is 5.05. The number of hydrogen-bond donors (Lipinski definition) is 1. The summed E-state index contributed by atoms with van der Waals surface area (Å²) in [5.41, 5.74) is 1.35. The molecule has 2 amide bonds. The van der Waals surface area contributed by atoms with Crippen LogP contribution in [-0.4, -0.2) is 34.4 Å². The topological polar surface area (TPSA) is 67.9 Å². The van der Waals surface area contributed by atoms with Gasteiger partial charge in [-0.2, -0.15) is 0 Å². The molecule has 0 saturated carbocycles. The van der Waals surface area contributed by atoms with Gasteiger partial charge in [0.25, 0.3) is 5.91 Å². The van der Waals surface area contributed by atoms with Crippen LogP contribution in [0.15, 0.2) is 41.3 Å². The Labute approximate surface area is 211 Å². The molecule has 2 aromatic rings. The summed E-state index contributed by atoms with van der Waals surface area (Å²) in [5, 5.41) is 3.50. The second kappa shape index (κ2) is 10.8. The van der Waals surface area contributed by atoms with Crippen LogP contribution in [0.2, 0.25) is 10.0 Å². The summed E-state index contributed by atoms with van der Waals surface area (Å²) >= 11 is 18.8. The summed E-state index contributed by atoms with van der Waals surface area (Å²) in [7, 11) is 0. The van der Waals surface area contributed by atoms with Crippen LogP contribution in [0.25, 0.3) is 6.08 Å². The predicted octanol–water partition coefficient (Wildman–Crippen LogP) is 6.12. The van der Waals surface area contributed by atoms with Gasteiger partial charge in [0.05, 0.1) is 20.6 Å². The molecule has 4 rings (SSSR count). The van der Waals surface area contributed by atoms with Crippen molar-refractivity contribution in [1.29, 1.82) is 0 Å². The lowest BCUT2D eigenvalue weighted by Crippen LogP contribution is -2.29. The standard InChI is InChI=1S/C23H20Cl2N2O4S2/c24-15-5-4-6-16(21(15)25)26-20(28)7-2-1-3-10-27-22(29)19(33-23(27)32)12-14-8-9-17-18(11-14)31-13-30-17/h4-6,8-9,11-12H,1-3,7,10,13H2,(H,26,28)/b19-12-. The molecular formula is C23H20Cl2N2O4S2. The number of anilines is 1. The maximum Gasteiger partial charge on any atom is 0.266 e. The number of fused-ring (bicyclic) bond motifs is 1. The highest BCUT2D eigenvalue weighted by molar-refractivity contribution is 8.26. The van der Waals surface area contributed by atoms with Gasteiger partial charge in [-0.15, -0.1) is 0 Å². The Morgan fingerprint density at radius 3 is 2.82 bits per heavy atom. The summed E-state index contributed by atoms with van der Waals surface area (Å²) in [6.45, 7) is 0.724.